The third-order valence-corrected chi connectivity index (χ3v) is 7.14. The Labute approximate surface area is 201 Å². The summed E-state index contributed by atoms with van der Waals surface area (Å²) in [4.78, 5) is 17.1. The van der Waals surface area contributed by atoms with Crippen LogP contribution < -0.4 is 4.90 Å². The number of thioether (sulfide) groups is 1. The summed E-state index contributed by atoms with van der Waals surface area (Å²) >= 11 is 1.44. The molecule has 6 nitrogen and oxygen atoms in total. The van der Waals surface area contributed by atoms with Crippen molar-refractivity contribution in [1.82, 2.24) is 19.7 Å². The number of aryl methyl sites for hydroxylation is 3. The van der Waals surface area contributed by atoms with Crippen LogP contribution in [0.2, 0.25) is 0 Å². The fourth-order valence-electron chi connectivity index (χ4n) is 4.24. The topological polar surface area (TPSA) is 54.3 Å². The number of carbonyl (C=O) groups is 1. The highest BCUT2D eigenvalue weighted by Crippen LogP contribution is 2.25. The maximum Gasteiger partial charge on any atom is 0.233 e. The van der Waals surface area contributed by atoms with Gasteiger partial charge in [0.05, 0.1) is 11.4 Å². The first-order valence-corrected chi connectivity index (χ1v) is 12.6. The van der Waals surface area contributed by atoms with E-state index in [1.165, 1.54) is 42.3 Å². The Kier molecular flexibility index (Phi) is 7.38. The molecular weight excluding hydrogens is 430 g/mol. The van der Waals surface area contributed by atoms with Crippen LogP contribution >= 0.6 is 11.8 Å². The highest BCUT2D eigenvalue weighted by molar-refractivity contribution is 7.99. The van der Waals surface area contributed by atoms with E-state index in [9.17, 15) is 4.79 Å². The van der Waals surface area contributed by atoms with E-state index >= 15 is 0 Å². The standard InChI is InChI=1S/C26H33N5OS/c1-19-8-9-20(2)24(16-19)31-21(3)27-28-26(31)33-18-25(32)29(4)17-22-10-12-23(13-11-22)30-14-6-5-7-15-30/h8-13,16H,5-7,14-15,17-18H2,1-4H3. The second kappa shape index (κ2) is 10.4. The number of rotatable bonds is 7. The molecule has 1 amide bonds. The number of benzene rings is 2. The molecule has 0 saturated carbocycles. The number of piperidine rings is 1. The predicted molar refractivity (Wildman–Crippen MR) is 135 cm³/mol. The van der Waals surface area contributed by atoms with Crippen LogP contribution in [-0.2, 0) is 11.3 Å². The molecule has 3 aromatic rings. The summed E-state index contributed by atoms with van der Waals surface area (Å²) in [6.07, 6.45) is 3.88. The fourth-order valence-corrected chi connectivity index (χ4v) is 5.17. The van der Waals surface area contributed by atoms with Crippen molar-refractivity contribution >= 4 is 23.4 Å². The SMILES string of the molecule is Cc1ccc(C)c(-n2c(C)nnc2SCC(=O)N(C)Cc2ccc(N3CCCCC3)cc2)c1. The number of hydrogen-bond donors (Lipinski definition) is 0. The molecule has 1 saturated heterocycles. The summed E-state index contributed by atoms with van der Waals surface area (Å²) in [5, 5.41) is 9.34. The normalized spacial score (nSPS) is 13.9. The van der Waals surface area contributed by atoms with E-state index in [4.69, 9.17) is 0 Å². The molecule has 1 aromatic heterocycles. The van der Waals surface area contributed by atoms with Gasteiger partial charge in [-0.25, -0.2) is 0 Å². The molecule has 0 N–H and O–H groups in total. The minimum absolute atomic E-state index is 0.0771. The van der Waals surface area contributed by atoms with Crippen molar-refractivity contribution in [2.75, 3.05) is 30.8 Å². The fraction of sp³-hybridized carbons (Fsp3) is 0.423. The van der Waals surface area contributed by atoms with E-state index in [1.54, 1.807) is 4.90 Å². The summed E-state index contributed by atoms with van der Waals surface area (Å²) in [6.45, 7) is 8.98. The number of carbonyl (C=O) groups excluding carboxylic acids is 1. The van der Waals surface area contributed by atoms with Gasteiger partial charge in [0, 0.05) is 32.4 Å². The van der Waals surface area contributed by atoms with Gasteiger partial charge in [-0.2, -0.15) is 0 Å². The molecular formula is C26H33N5OS. The molecule has 4 rings (SSSR count). The lowest BCUT2D eigenvalue weighted by atomic mass is 10.1. The van der Waals surface area contributed by atoms with E-state index < -0.39 is 0 Å². The van der Waals surface area contributed by atoms with Crippen molar-refractivity contribution in [1.29, 1.82) is 0 Å². The minimum Gasteiger partial charge on any atom is -0.372 e. The molecule has 1 aliphatic rings. The van der Waals surface area contributed by atoms with Crippen molar-refractivity contribution in [3.63, 3.8) is 0 Å². The number of aromatic nitrogens is 3. The highest BCUT2D eigenvalue weighted by Gasteiger charge is 2.17. The first kappa shape index (κ1) is 23.4. The van der Waals surface area contributed by atoms with Crippen LogP contribution in [0.5, 0.6) is 0 Å². The summed E-state index contributed by atoms with van der Waals surface area (Å²) in [5.74, 6) is 1.22. The Balaban J connectivity index is 1.37. The van der Waals surface area contributed by atoms with Gasteiger partial charge in [0.2, 0.25) is 5.91 Å². The molecule has 2 aromatic carbocycles. The first-order chi connectivity index (χ1) is 15.9. The van der Waals surface area contributed by atoms with Gasteiger partial charge in [0.1, 0.15) is 5.82 Å². The van der Waals surface area contributed by atoms with Crippen molar-refractivity contribution in [3.8, 4) is 5.69 Å². The molecule has 0 radical (unpaired) electrons. The minimum atomic E-state index is 0.0771. The maximum absolute atomic E-state index is 12.9. The van der Waals surface area contributed by atoms with Crippen molar-refractivity contribution in [2.24, 2.45) is 0 Å². The van der Waals surface area contributed by atoms with E-state index in [0.717, 1.165) is 40.9 Å². The van der Waals surface area contributed by atoms with Gasteiger partial charge in [0.25, 0.3) is 0 Å². The van der Waals surface area contributed by atoms with Gasteiger partial charge in [-0.15, -0.1) is 10.2 Å². The number of nitrogens with zero attached hydrogens (tertiary/aromatic N) is 5. The Morgan fingerprint density at radius 1 is 1.00 bits per heavy atom. The maximum atomic E-state index is 12.9. The first-order valence-electron chi connectivity index (χ1n) is 11.6. The van der Waals surface area contributed by atoms with Gasteiger partial charge >= 0.3 is 0 Å². The van der Waals surface area contributed by atoms with Crippen LogP contribution in [0.15, 0.2) is 47.6 Å². The smallest absolute Gasteiger partial charge is 0.233 e. The molecule has 0 aliphatic carbocycles. The van der Waals surface area contributed by atoms with E-state index in [1.807, 2.05) is 18.5 Å². The molecule has 1 aliphatic heterocycles. The van der Waals surface area contributed by atoms with Crippen LogP contribution in [-0.4, -0.2) is 51.5 Å². The molecule has 174 valence electrons. The molecule has 0 spiro atoms. The Morgan fingerprint density at radius 3 is 2.45 bits per heavy atom. The third kappa shape index (κ3) is 5.58. The largest absolute Gasteiger partial charge is 0.372 e. The van der Waals surface area contributed by atoms with Gasteiger partial charge in [-0.1, -0.05) is 36.0 Å². The van der Waals surface area contributed by atoms with Crippen LogP contribution in [0, 0.1) is 20.8 Å². The Hall–Kier alpha value is -2.80. The molecule has 7 heteroatoms. The van der Waals surface area contributed by atoms with Crippen LogP contribution in [0.1, 0.15) is 41.8 Å². The summed E-state index contributed by atoms with van der Waals surface area (Å²) in [5.41, 5.74) is 5.83. The lowest BCUT2D eigenvalue weighted by molar-refractivity contribution is -0.127. The van der Waals surface area contributed by atoms with Crippen molar-refractivity contribution in [2.45, 2.75) is 51.7 Å². The summed E-state index contributed by atoms with van der Waals surface area (Å²) < 4.78 is 2.04. The predicted octanol–water partition coefficient (Wildman–Crippen LogP) is 4.93. The Morgan fingerprint density at radius 2 is 1.73 bits per heavy atom. The molecule has 0 unspecified atom stereocenters. The lowest BCUT2D eigenvalue weighted by Gasteiger charge is -2.29. The highest BCUT2D eigenvalue weighted by atomic mass is 32.2. The van der Waals surface area contributed by atoms with Crippen LogP contribution in [0.4, 0.5) is 5.69 Å². The third-order valence-electron chi connectivity index (χ3n) is 6.23. The number of amides is 1. The lowest BCUT2D eigenvalue weighted by Crippen LogP contribution is -2.29. The Bertz CT molecular complexity index is 1100. The van der Waals surface area contributed by atoms with Crippen LogP contribution in [0.3, 0.4) is 0 Å². The van der Waals surface area contributed by atoms with Crippen molar-refractivity contribution < 1.29 is 4.79 Å². The zero-order valence-electron chi connectivity index (χ0n) is 20.0. The molecule has 0 bridgehead atoms. The quantitative estimate of drug-likeness (QED) is 0.465. The molecule has 1 fully saturated rings. The zero-order chi connectivity index (χ0) is 23.4. The average molecular weight is 464 g/mol. The van der Waals surface area contributed by atoms with Crippen LogP contribution in [0.25, 0.3) is 5.69 Å². The molecule has 2 heterocycles. The van der Waals surface area contributed by atoms with E-state index in [2.05, 4.69) is 71.4 Å². The van der Waals surface area contributed by atoms with Gasteiger partial charge in [-0.3, -0.25) is 9.36 Å². The number of hydrogen-bond acceptors (Lipinski definition) is 5. The van der Waals surface area contributed by atoms with Gasteiger partial charge in [-0.05, 0) is 74.9 Å². The molecule has 0 atom stereocenters. The van der Waals surface area contributed by atoms with E-state index in [0.29, 0.717) is 12.3 Å². The zero-order valence-corrected chi connectivity index (χ0v) is 20.9. The van der Waals surface area contributed by atoms with Gasteiger partial charge in [0.15, 0.2) is 5.16 Å². The summed E-state index contributed by atoms with van der Waals surface area (Å²) in [7, 11) is 1.86. The second-order valence-electron chi connectivity index (χ2n) is 8.91. The van der Waals surface area contributed by atoms with Crippen molar-refractivity contribution in [3.05, 3.63) is 65.0 Å². The van der Waals surface area contributed by atoms with E-state index in [-0.39, 0.29) is 5.91 Å². The van der Waals surface area contributed by atoms with Gasteiger partial charge < -0.3 is 9.80 Å². The molecule has 33 heavy (non-hydrogen) atoms. The second-order valence-corrected chi connectivity index (χ2v) is 9.85. The number of anilines is 1. The monoisotopic (exact) mass is 463 g/mol. The summed E-state index contributed by atoms with van der Waals surface area (Å²) in [6, 6.07) is 15.0. The average Bonchev–Trinajstić information content (AvgIpc) is 3.20.